The highest BCUT2D eigenvalue weighted by Crippen LogP contribution is 2.46. The van der Waals surface area contributed by atoms with Crippen LogP contribution in [0.15, 0.2) is 84.9 Å². The van der Waals surface area contributed by atoms with Gasteiger partial charge in [0.2, 0.25) is 5.75 Å². The van der Waals surface area contributed by atoms with Crippen molar-refractivity contribution in [3.8, 4) is 17.2 Å². The lowest BCUT2D eigenvalue weighted by Gasteiger charge is -2.26. The molecule has 4 aromatic carbocycles. The number of aromatic carboxylic acids is 1. The van der Waals surface area contributed by atoms with Crippen LogP contribution in [0.3, 0.4) is 0 Å². The molecule has 0 amide bonds. The molecule has 0 saturated carbocycles. The molecule has 0 radical (unpaired) electrons. The first-order valence-corrected chi connectivity index (χ1v) is 13.1. The molecule has 0 aromatic heterocycles. The fourth-order valence-corrected chi connectivity index (χ4v) is 4.23. The molecule has 5 nitrogen and oxygen atoms in total. The first-order valence-electron chi connectivity index (χ1n) is 12.4. The number of halogens is 2. The SMILES string of the molecule is CC(C)(C)c1c(C(=O)O)cc(OCc2ccccc2)c(O)c1OCc1ccccc1.Cc1c(Cl)cccc1Cl. The van der Waals surface area contributed by atoms with Gasteiger partial charge in [-0.3, -0.25) is 0 Å². The maximum atomic E-state index is 12.0. The van der Waals surface area contributed by atoms with Gasteiger partial charge in [0.25, 0.3) is 0 Å². The van der Waals surface area contributed by atoms with Crippen LogP contribution in [0, 0.1) is 6.92 Å². The number of carboxylic acid groups (broad SMARTS) is 1. The Balaban J connectivity index is 0.000000395. The van der Waals surface area contributed by atoms with Crippen molar-refractivity contribution < 1.29 is 24.5 Å². The van der Waals surface area contributed by atoms with Crippen molar-refractivity contribution >= 4 is 29.2 Å². The van der Waals surface area contributed by atoms with E-state index in [0.717, 1.165) is 26.7 Å². The van der Waals surface area contributed by atoms with E-state index in [2.05, 4.69) is 0 Å². The topological polar surface area (TPSA) is 76.0 Å². The fourth-order valence-electron chi connectivity index (χ4n) is 3.83. The third-order valence-corrected chi connectivity index (χ3v) is 6.68. The fraction of sp³-hybridized carbons (Fsp3) is 0.219. The molecule has 0 unspecified atom stereocenters. The maximum Gasteiger partial charge on any atom is 0.336 e. The Morgan fingerprint density at radius 1 is 0.795 bits per heavy atom. The smallest absolute Gasteiger partial charge is 0.336 e. The number of aromatic hydroxyl groups is 1. The molecule has 0 bridgehead atoms. The third kappa shape index (κ3) is 8.16. The van der Waals surface area contributed by atoms with Crippen LogP contribution in [-0.2, 0) is 18.6 Å². The van der Waals surface area contributed by atoms with E-state index in [9.17, 15) is 15.0 Å². The van der Waals surface area contributed by atoms with Gasteiger partial charge in [-0.2, -0.15) is 0 Å². The zero-order valence-corrected chi connectivity index (χ0v) is 23.9. The van der Waals surface area contributed by atoms with Gasteiger partial charge in [-0.25, -0.2) is 4.79 Å². The van der Waals surface area contributed by atoms with Crippen molar-refractivity contribution in [1.82, 2.24) is 0 Å². The molecule has 4 aromatic rings. The molecule has 204 valence electrons. The van der Waals surface area contributed by atoms with Crippen LogP contribution in [0.2, 0.25) is 10.0 Å². The highest BCUT2D eigenvalue weighted by Gasteiger charge is 2.31. The van der Waals surface area contributed by atoms with Gasteiger partial charge in [0.1, 0.15) is 13.2 Å². The summed E-state index contributed by atoms with van der Waals surface area (Å²) in [5.41, 5.74) is 2.65. The summed E-state index contributed by atoms with van der Waals surface area (Å²) in [4.78, 5) is 12.0. The van der Waals surface area contributed by atoms with Crippen LogP contribution in [0.1, 0.15) is 53.4 Å². The molecule has 0 spiro atoms. The van der Waals surface area contributed by atoms with Crippen LogP contribution in [0.5, 0.6) is 17.2 Å². The average molecular weight is 568 g/mol. The van der Waals surface area contributed by atoms with Gasteiger partial charge in [0.05, 0.1) is 5.56 Å². The minimum atomic E-state index is -1.10. The standard InChI is InChI=1S/C25H26O5.C7H6Cl2/c1-25(2,3)21-19(24(27)28)14-20(29-15-17-10-6-4-7-11-17)22(26)23(21)30-16-18-12-8-5-9-13-18;1-5-6(8)3-2-4-7(5)9/h4-14,26H,15-16H2,1-3H3,(H,27,28);2-4H,1H3. The van der Waals surface area contributed by atoms with Gasteiger partial charge in [0.15, 0.2) is 11.5 Å². The highest BCUT2D eigenvalue weighted by atomic mass is 35.5. The zero-order valence-electron chi connectivity index (χ0n) is 22.4. The van der Waals surface area contributed by atoms with Crippen molar-refractivity contribution in [3.05, 3.63) is 123 Å². The van der Waals surface area contributed by atoms with Crippen molar-refractivity contribution in [1.29, 1.82) is 0 Å². The summed E-state index contributed by atoms with van der Waals surface area (Å²) in [5.74, 6) is -1.09. The number of phenolic OH excluding ortho intramolecular Hbond substituents is 1. The summed E-state index contributed by atoms with van der Waals surface area (Å²) in [7, 11) is 0. The summed E-state index contributed by atoms with van der Waals surface area (Å²) in [6.07, 6.45) is 0. The largest absolute Gasteiger partial charge is 0.502 e. The quantitative estimate of drug-likeness (QED) is 0.233. The van der Waals surface area contributed by atoms with E-state index in [1.54, 1.807) is 0 Å². The molecule has 2 N–H and O–H groups in total. The van der Waals surface area contributed by atoms with E-state index in [4.69, 9.17) is 32.7 Å². The minimum absolute atomic E-state index is 0.0476. The molecule has 39 heavy (non-hydrogen) atoms. The van der Waals surface area contributed by atoms with Crippen molar-refractivity contribution in [2.75, 3.05) is 0 Å². The average Bonchev–Trinajstić information content (AvgIpc) is 2.91. The summed E-state index contributed by atoms with van der Waals surface area (Å²) in [5, 5.41) is 22.2. The van der Waals surface area contributed by atoms with E-state index in [0.29, 0.717) is 5.56 Å². The summed E-state index contributed by atoms with van der Waals surface area (Å²) in [6.45, 7) is 7.93. The van der Waals surface area contributed by atoms with Crippen LogP contribution in [0.25, 0.3) is 0 Å². The molecule has 0 saturated heterocycles. The van der Waals surface area contributed by atoms with E-state index in [-0.39, 0.29) is 36.0 Å². The highest BCUT2D eigenvalue weighted by molar-refractivity contribution is 6.35. The Labute approximate surface area is 239 Å². The Hall–Kier alpha value is -3.67. The molecule has 4 rings (SSSR count). The Morgan fingerprint density at radius 2 is 1.28 bits per heavy atom. The van der Waals surface area contributed by atoms with Gasteiger partial charge in [0, 0.05) is 15.6 Å². The zero-order chi connectivity index (χ0) is 28.6. The van der Waals surface area contributed by atoms with Gasteiger partial charge in [-0.1, -0.05) is 111 Å². The third-order valence-electron chi connectivity index (χ3n) is 5.87. The van der Waals surface area contributed by atoms with E-state index in [1.165, 1.54) is 6.07 Å². The van der Waals surface area contributed by atoms with Crippen molar-refractivity contribution in [2.24, 2.45) is 0 Å². The number of ether oxygens (including phenoxy) is 2. The van der Waals surface area contributed by atoms with Crippen LogP contribution < -0.4 is 9.47 Å². The number of carbonyl (C=O) groups is 1. The van der Waals surface area contributed by atoms with Gasteiger partial charge in [-0.05, 0) is 47.2 Å². The van der Waals surface area contributed by atoms with Crippen LogP contribution >= 0.6 is 23.2 Å². The first-order chi connectivity index (χ1) is 18.5. The summed E-state index contributed by atoms with van der Waals surface area (Å²) >= 11 is 11.5. The van der Waals surface area contributed by atoms with Crippen molar-refractivity contribution in [3.63, 3.8) is 0 Å². The monoisotopic (exact) mass is 566 g/mol. The van der Waals surface area contributed by atoms with E-state index >= 15 is 0 Å². The second kappa shape index (κ2) is 13.4. The second-order valence-electron chi connectivity index (χ2n) is 9.93. The summed E-state index contributed by atoms with van der Waals surface area (Å²) < 4.78 is 11.8. The number of phenols is 1. The van der Waals surface area contributed by atoms with Crippen molar-refractivity contribution in [2.45, 2.75) is 46.3 Å². The molecule has 7 heteroatoms. The second-order valence-corrected chi connectivity index (χ2v) is 10.7. The number of carboxylic acids is 1. The Bertz CT molecular complexity index is 1380. The summed E-state index contributed by atoms with van der Waals surface area (Å²) in [6, 6.07) is 25.8. The van der Waals surface area contributed by atoms with Crippen LogP contribution in [0.4, 0.5) is 0 Å². The molecule has 0 aliphatic rings. The molecular weight excluding hydrogens is 535 g/mol. The molecule has 0 aliphatic heterocycles. The van der Waals surface area contributed by atoms with Gasteiger partial charge >= 0.3 is 5.97 Å². The normalized spacial score (nSPS) is 10.8. The molecule has 0 heterocycles. The first kappa shape index (κ1) is 29.9. The molecule has 0 atom stereocenters. The lowest BCUT2D eigenvalue weighted by molar-refractivity contribution is 0.0692. The predicted molar refractivity (Wildman–Crippen MR) is 157 cm³/mol. The molecular formula is C32H32Cl2O5. The number of benzene rings is 4. The van der Waals surface area contributed by atoms with Gasteiger partial charge in [-0.15, -0.1) is 0 Å². The lowest BCUT2D eigenvalue weighted by atomic mass is 9.82. The predicted octanol–water partition coefficient (Wildman–Crippen LogP) is 8.85. The molecule has 0 aliphatic carbocycles. The minimum Gasteiger partial charge on any atom is -0.502 e. The Kier molecular flexibility index (Phi) is 10.3. The van der Waals surface area contributed by atoms with E-state index < -0.39 is 11.4 Å². The molecule has 0 fully saturated rings. The van der Waals surface area contributed by atoms with E-state index in [1.807, 2.05) is 107 Å². The van der Waals surface area contributed by atoms with Gasteiger partial charge < -0.3 is 19.7 Å². The number of rotatable bonds is 7. The number of hydrogen-bond acceptors (Lipinski definition) is 4. The Morgan fingerprint density at radius 3 is 1.72 bits per heavy atom. The maximum absolute atomic E-state index is 12.0. The number of hydrogen-bond donors (Lipinski definition) is 2. The van der Waals surface area contributed by atoms with Crippen LogP contribution in [-0.4, -0.2) is 16.2 Å². The lowest BCUT2D eigenvalue weighted by Crippen LogP contribution is -2.19.